The summed E-state index contributed by atoms with van der Waals surface area (Å²) in [4.78, 5) is 14.6. The zero-order valence-electron chi connectivity index (χ0n) is 21.7. The lowest BCUT2D eigenvalue weighted by atomic mass is 9.99. The van der Waals surface area contributed by atoms with Gasteiger partial charge in [-0.3, -0.25) is 4.90 Å². The maximum Gasteiger partial charge on any atom is 0.412 e. The number of carbonyl (C=O) groups excluding carboxylic acids is 1. The lowest BCUT2D eigenvalue weighted by molar-refractivity contribution is -0.0635. The van der Waals surface area contributed by atoms with Gasteiger partial charge in [0.15, 0.2) is 0 Å². The normalized spacial score (nSPS) is 19.8. The Hall–Kier alpha value is -1.03. The van der Waals surface area contributed by atoms with Gasteiger partial charge in [0.05, 0.1) is 12.6 Å². The number of hydrogen-bond donors (Lipinski definition) is 0. The predicted molar refractivity (Wildman–Crippen MR) is 131 cm³/mol. The first-order valence-corrected chi connectivity index (χ1v) is 12.9. The van der Waals surface area contributed by atoms with Crippen molar-refractivity contribution in [2.45, 2.75) is 143 Å². The first-order chi connectivity index (χ1) is 14.6. The Kier molecular flexibility index (Phi) is 12.8. The number of unbranched alkanes of at least 4 members (excludes halogenated alkanes) is 11. The van der Waals surface area contributed by atoms with Gasteiger partial charge in [-0.2, -0.15) is 0 Å². The van der Waals surface area contributed by atoms with Crippen LogP contribution in [0.5, 0.6) is 0 Å². The third kappa shape index (κ3) is 11.4. The van der Waals surface area contributed by atoms with E-state index in [-0.39, 0.29) is 18.1 Å². The molecule has 0 aromatic carbocycles. The van der Waals surface area contributed by atoms with Crippen molar-refractivity contribution in [2.75, 3.05) is 6.61 Å². The summed E-state index contributed by atoms with van der Waals surface area (Å²) < 4.78 is 11.6. The van der Waals surface area contributed by atoms with Gasteiger partial charge in [0, 0.05) is 0 Å². The van der Waals surface area contributed by atoms with E-state index in [0.29, 0.717) is 6.61 Å². The van der Waals surface area contributed by atoms with E-state index >= 15 is 0 Å². The van der Waals surface area contributed by atoms with Crippen LogP contribution in [0.15, 0.2) is 12.2 Å². The van der Waals surface area contributed by atoms with Crippen LogP contribution in [0.2, 0.25) is 0 Å². The van der Waals surface area contributed by atoms with E-state index in [0.717, 1.165) is 6.42 Å². The SMILES string of the molecule is CCCCCCCCCCCCC/C=C/C(C)[C@@H]1COC(C)(C)N1C(=O)OC(C)(C)C. The standard InChI is InChI=1S/C27H51NO3/c1-8-9-10-11-12-13-14-15-16-17-18-19-20-21-23(2)24-22-30-27(6,7)28(24)25(29)31-26(3,4)5/h20-21,23-24H,8-19,22H2,1-7H3/b21-20+/t23?,24-/m0/s1. The fourth-order valence-corrected chi connectivity index (χ4v) is 4.25. The van der Waals surface area contributed by atoms with Crippen molar-refractivity contribution in [3.63, 3.8) is 0 Å². The van der Waals surface area contributed by atoms with Gasteiger partial charge in [0.2, 0.25) is 0 Å². The van der Waals surface area contributed by atoms with Gasteiger partial charge in [-0.05, 0) is 53.4 Å². The molecule has 0 aliphatic carbocycles. The second-order valence-corrected chi connectivity index (χ2v) is 10.8. The Morgan fingerprint density at radius 3 is 2.06 bits per heavy atom. The average Bonchev–Trinajstić information content (AvgIpc) is 2.99. The number of nitrogens with zero attached hydrogens (tertiary/aromatic N) is 1. The number of allylic oxidation sites excluding steroid dienone is 1. The van der Waals surface area contributed by atoms with Crippen LogP contribution in [0, 0.1) is 5.92 Å². The molecule has 1 rings (SSSR count). The minimum atomic E-state index is -0.634. The first kappa shape index (κ1) is 28.0. The third-order valence-electron chi connectivity index (χ3n) is 6.13. The predicted octanol–water partition coefficient (Wildman–Crippen LogP) is 8.25. The van der Waals surface area contributed by atoms with Crippen LogP contribution >= 0.6 is 0 Å². The fraction of sp³-hybridized carbons (Fsp3) is 0.889. The molecular formula is C27H51NO3. The molecule has 1 aliphatic rings. The van der Waals surface area contributed by atoms with Crippen LogP contribution in [-0.2, 0) is 9.47 Å². The van der Waals surface area contributed by atoms with Crippen molar-refractivity contribution < 1.29 is 14.3 Å². The molecular weight excluding hydrogens is 386 g/mol. The Labute approximate surface area is 193 Å². The zero-order valence-corrected chi connectivity index (χ0v) is 21.7. The molecule has 1 fully saturated rings. The molecule has 182 valence electrons. The number of carbonyl (C=O) groups is 1. The second kappa shape index (κ2) is 14.2. The molecule has 1 amide bonds. The largest absolute Gasteiger partial charge is 0.444 e. The van der Waals surface area contributed by atoms with Gasteiger partial charge < -0.3 is 9.47 Å². The summed E-state index contributed by atoms with van der Waals surface area (Å²) in [7, 11) is 0. The second-order valence-electron chi connectivity index (χ2n) is 10.8. The molecule has 31 heavy (non-hydrogen) atoms. The smallest absolute Gasteiger partial charge is 0.412 e. The van der Waals surface area contributed by atoms with Crippen LogP contribution in [0.4, 0.5) is 4.79 Å². The molecule has 0 N–H and O–H groups in total. The Morgan fingerprint density at radius 1 is 1.03 bits per heavy atom. The molecule has 0 aromatic rings. The summed E-state index contributed by atoms with van der Waals surface area (Å²) in [5, 5.41) is 0. The summed E-state index contributed by atoms with van der Waals surface area (Å²) in [5.74, 6) is 0.238. The first-order valence-electron chi connectivity index (χ1n) is 12.9. The highest BCUT2D eigenvalue weighted by Gasteiger charge is 2.47. The van der Waals surface area contributed by atoms with Crippen molar-refractivity contribution in [3.05, 3.63) is 12.2 Å². The van der Waals surface area contributed by atoms with Gasteiger partial charge in [-0.1, -0.05) is 90.2 Å². The summed E-state index contributed by atoms with van der Waals surface area (Å²) in [6, 6.07) is 0.0124. The van der Waals surface area contributed by atoms with Gasteiger partial charge in [-0.25, -0.2) is 4.79 Å². The highest BCUT2D eigenvalue weighted by molar-refractivity contribution is 5.69. The van der Waals surface area contributed by atoms with E-state index in [2.05, 4.69) is 26.0 Å². The molecule has 4 heteroatoms. The summed E-state index contributed by atoms with van der Waals surface area (Å²) in [6.45, 7) is 14.6. The number of ether oxygens (including phenoxy) is 2. The van der Waals surface area contributed by atoms with E-state index < -0.39 is 11.3 Å². The molecule has 1 aliphatic heterocycles. The fourth-order valence-electron chi connectivity index (χ4n) is 4.25. The third-order valence-corrected chi connectivity index (χ3v) is 6.13. The minimum absolute atomic E-state index is 0.0124. The molecule has 4 nitrogen and oxygen atoms in total. The van der Waals surface area contributed by atoms with Crippen LogP contribution in [-0.4, -0.2) is 35.0 Å². The molecule has 0 spiro atoms. The number of hydrogen-bond acceptors (Lipinski definition) is 3. The number of rotatable bonds is 14. The van der Waals surface area contributed by atoms with Gasteiger partial charge in [0.25, 0.3) is 0 Å². The average molecular weight is 438 g/mol. The molecule has 0 saturated carbocycles. The monoisotopic (exact) mass is 437 g/mol. The van der Waals surface area contributed by atoms with E-state index in [4.69, 9.17) is 9.47 Å². The molecule has 0 bridgehead atoms. The Bertz CT molecular complexity index is 521. The molecule has 1 saturated heterocycles. The van der Waals surface area contributed by atoms with Crippen molar-refractivity contribution >= 4 is 6.09 Å². The molecule has 2 atom stereocenters. The summed E-state index contributed by atoms with van der Waals surface area (Å²) >= 11 is 0. The van der Waals surface area contributed by atoms with Gasteiger partial charge in [0.1, 0.15) is 11.3 Å². The Balaban J connectivity index is 2.26. The van der Waals surface area contributed by atoms with Crippen molar-refractivity contribution in [2.24, 2.45) is 5.92 Å². The van der Waals surface area contributed by atoms with Crippen LogP contribution in [0.25, 0.3) is 0 Å². The lowest BCUT2D eigenvalue weighted by Crippen LogP contribution is -2.51. The number of amides is 1. The highest BCUT2D eigenvalue weighted by atomic mass is 16.6. The molecule has 0 aromatic heterocycles. The topological polar surface area (TPSA) is 38.8 Å². The van der Waals surface area contributed by atoms with Gasteiger partial charge in [-0.15, -0.1) is 0 Å². The summed E-state index contributed by atoms with van der Waals surface area (Å²) in [6.07, 6.45) is 20.5. The van der Waals surface area contributed by atoms with E-state index in [1.54, 1.807) is 4.90 Å². The van der Waals surface area contributed by atoms with Crippen molar-refractivity contribution in [1.82, 2.24) is 4.90 Å². The lowest BCUT2D eigenvalue weighted by Gasteiger charge is -2.36. The maximum absolute atomic E-state index is 12.8. The molecule has 1 heterocycles. The van der Waals surface area contributed by atoms with Gasteiger partial charge >= 0.3 is 6.09 Å². The van der Waals surface area contributed by atoms with Crippen molar-refractivity contribution in [3.8, 4) is 0 Å². The van der Waals surface area contributed by atoms with Crippen LogP contribution in [0.1, 0.15) is 126 Å². The van der Waals surface area contributed by atoms with E-state index in [9.17, 15) is 4.79 Å². The quantitative estimate of drug-likeness (QED) is 0.203. The van der Waals surface area contributed by atoms with Crippen molar-refractivity contribution in [1.29, 1.82) is 0 Å². The minimum Gasteiger partial charge on any atom is -0.444 e. The van der Waals surface area contributed by atoms with Crippen LogP contribution in [0.3, 0.4) is 0 Å². The Morgan fingerprint density at radius 2 is 1.55 bits per heavy atom. The molecule has 1 unspecified atom stereocenters. The molecule has 0 radical (unpaired) electrons. The zero-order chi connectivity index (χ0) is 23.3. The van der Waals surface area contributed by atoms with E-state index in [1.165, 1.54) is 70.6 Å². The summed E-state index contributed by atoms with van der Waals surface area (Å²) in [5.41, 5.74) is -1.14. The van der Waals surface area contributed by atoms with Crippen LogP contribution < -0.4 is 0 Å². The van der Waals surface area contributed by atoms with E-state index in [1.807, 2.05) is 34.6 Å². The highest BCUT2D eigenvalue weighted by Crippen LogP contribution is 2.33. The maximum atomic E-state index is 12.8.